The summed E-state index contributed by atoms with van der Waals surface area (Å²) < 4.78 is 0. The molecule has 0 aliphatic rings. The van der Waals surface area contributed by atoms with Gasteiger partial charge in [0.15, 0.2) is 0 Å². The monoisotopic (exact) mass is 279 g/mol. The highest BCUT2D eigenvalue weighted by Gasteiger charge is 2.10. The van der Waals surface area contributed by atoms with E-state index in [2.05, 4.69) is 62.1 Å². The lowest BCUT2D eigenvalue weighted by atomic mass is 10.1. The van der Waals surface area contributed by atoms with Crippen molar-refractivity contribution in [2.45, 2.75) is 52.5 Å². The fourth-order valence-electron chi connectivity index (χ4n) is 2.13. The first-order chi connectivity index (χ1) is 9.27. The van der Waals surface area contributed by atoms with Crippen molar-refractivity contribution in [3.63, 3.8) is 0 Å². The second kappa shape index (κ2) is 10.3. The van der Waals surface area contributed by atoms with E-state index in [-0.39, 0.29) is 0 Å². The number of benzene rings is 1. The van der Waals surface area contributed by atoms with Crippen LogP contribution in [0.1, 0.15) is 56.7 Å². The maximum Gasteiger partial charge on any atom is 0.0411 e. The van der Waals surface area contributed by atoms with Crippen LogP contribution in [0.3, 0.4) is 0 Å². The van der Waals surface area contributed by atoms with E-state index in [4.69, 9.17) is 0 Å². The van der Waals surface area contributed by atoms with Crippen LogP contribution in [0.5, 0.6) is 0 Å². The summed E-state index contributed by atoms with van der Waals surface area (Å²) in [5.41, 5.74) is 2.80. The van der Waals surface area contributed by atoms with Gasteiger partial charge in [0.2, 0.25) is 0 Å². The standard InChI is InChI=1S/C17H29NS/c1-4-6-7-12-19-14-17(18-11-5-2)16-10-8-9-15(3)13-16/h8-10,13,17-18H,4-7,11-12,14H2,1-3H3. The van der Waals surface area contributed by atoms with Crippen molar-refractivity contribution in [3.05, 3.63) is 35.4 Å². The third-order valence-electron chi connectivity index (χ3n) is 3.26. The molecule has 19 heavy (non-hydrogen) atoms. The first-order valence-corrected chi connectivity index (χ1v) is 8.81. The van der Waals surface area contributed by atoms with Crippen LogP contribution in [0.4, 0.5) is 0 Å². The second-order valence-electron chi connectivity index (χ2n) is 5.20. The summed E-state index contributed by atoms with van der Waals surface area (Å²) in [4.78, 5) is 0. The van der Waals surface area contributed by atoms with Gasteiger partial charge in [0.05, 0.1) is 0 Å². The zero-order valence-electron chi connectivity index (χ0n) is 12.7. The molecular formula is C17H29NS. The third kappa shape index (κ3) is 7.03. The molecule has 0 spiro atoms. The summed E-state index contributed by atoms with van der Waals surface area (Å²) in [5, 5.41) is 3.68. The van der Waals surface area contributed by atoms with Crippen molar-refractivity contribution in [2.75, 3.05) is 18.1 Å². The van der Waals surface area contributed by atoms with Gasteiger partial charge in [0.1, 0.15) is 0 Å². The van der Waals surface area contributed by atoms with E-state index in [0.717, 1.165) is 6.54 Å². The van der Waals surface area contributed by atoms with Crippen LogP contribution >= 0.6 is 11.8 Å². The molecule has 2 heteroatoms. The van der Waals surface area contributed by atoms with Gasteiger partial charge in [-0.3, -0.25) is 0 Å². The third-order valence-corrected chi connectivity index (χ3v) is 4.41. The predicted octanol–water partition coefficient (Wildman–Crippen LogP) is 4.96. The van der Waals surface area contributed by atoms with Gasteiger partial charge >= 0.3 is 0 Å². The number of unbranched alkanes of at least 4 members (excludes halogenated alkanes) is 2. The Morgan fingerprint density at radius 3 is 2.68 bits per heavy atom. The van der Waals surface area contributed by atoms with Crippen molar-refractivity contribution in [1.82, 2.24) is 5.32 Å². The Labute approximate surface area is 123 Å². The lowest BCUT2D eigenvalue weighted by Gasteiger charge is -2.19. The molecule has 0 radical (unpaired) electrons. The maximum atomic E-state index is 3.68. The smallest absolute Gasteiger partial charge is 0.0411 e. The van der Waals surface area contributed by atoms with Gasteiger partial charge in [-0.2, -0.15) is 11.8 Å². The van der Waals surface area contributed by atoms with Gasteiger partial charge in [0.25, 0.3) is 0 Å². The van der Waals surface area contributed by atoms with Crippen molar-refractivity contribution >= 4 is 11.8 Å². The topological polar surface area (TPSA) is 12.0 Å². The normalized spacial score (nSPS) is 12.6. The first kappa shape index (κ1) is 16.6. The molecule has 1 aromatic rings. The quantitative estimate of drug-likeness (QED) is 0.608. The Hall–Kier alpha value is -0.470. The van der Waals surface area contributed by atoms with Gasteiger partial charge in [-0.1, -0.05) is 56.5 Å². The van der Waals surface area contributed by atoms with Gasteiger partial charge in [-0.15, -0.1) is 0 Å². The van der Waals surface area contributed by atoms with Crippen LogP contribution in [0.25, 0.3) is 0 Å². The van der Waals surface area contributed by atoms with Gasteiger partial charge in [-0.05, 0) is 37.6 Å². The molecule has 0 saturated carbocycles. The molecule has 0 heterocycles. The molecule has 108 valence electrons. The van der Waals surface area contributed by atoms with E-state index in [1.165, 1.54) is 48.3 Å². The molecule has 1 atom stereocenters. The number of rotatable bonds is 10. The molecule has 0 saturated heterocycles. The highest BCUT2D eigenvalue weighted by molar-refractivity contribution is 7.99. The molecule has 0 amide bonds. The summed E-state index contributed by atoms with van der Waals surface area (Å²) in [7, 11) is 0. The maximum absolute atomic E-state index is 3.68. The lowest BCUT2D eigenvalue weighted by molar-refractivity contribution is 0.577. The molecule has 0 aromatic heterocycles. The molecule has 1 rings (SSSR count). The van der Waals surface area contributed by atoms with Gasteiger partial charge < -0.3 is 5.32 Å². The number of thioether (sulfide) groups is 1. The highest BCUT2D eigenvalue weighted by atomic mass is 32.2. The van der Waals surface area contributed by atoms with E-state index in [1.54, 1.807) is 0 Å². The fraction of sp³-hybridized carbons (Fsp3) is 0.647. The second-order valence-corrected chi connectivity index (χ2v) is 6.35. The summed E-state index contributed by atoms with van der Waals surface area (Å²) in [6, 6.07) is 9.43. The molecule has 0 fully saturated rings. The molecule has 1 unspecified atom stereocenters. The summed E-state index contributed by atoms with van der Waals surface area (Å²) in [6.45, 7) is 7.78. The minimum Gasteiger partial charge on any atom is -0.309 e. The highest BCUT2D eigenvalue weighted by Crippen LogP contribution is 2.20. The number of hydrogen-bond donors (Lipinski definition) is 1. The number of nitrogens with one attached hydrogen (secondary N) is 1. The molecule has 0 aliphatic carbocycles. The largest absolute Gasteiger partial charge is 0.309 e. The van der Waals surface area contributed by atoms with Crippen LogP contribution in [0, 0.1) is 6.92 Å². The zero-order valence-corrected chi connectivity index (χ0v) is 13.6. The van der Waals surface area contributed by atoms with Crippen molar-refractivity contribution in [3.8, 4) is 0 Å². The number of aryl methyl sites for hydroxylation is 1. The SMILES string of the molecule is CCCCCSCC(NCCC)c1cccc(C)c1. The van der Waals surface area contributed by atoms with Crippen LogP contribution < -0.4 is 5.32 Å². The fourth-order valence-corrected chi connectivity index (χ4v) is 3.25. The predicted molar refractivity (Wildman–Crippen MR) is 89.1 cm³/mol. The molecule has 1 aromatic carbocycles. The molecule has 0 bridgehead atoms. The Morgan fingerprint density at radius 2 is 2.00 bits per heavy atom. The number of hydrogen-bond acceptors (Lipinski definition) is 2. The van der Waals surface area contributed by atoms with Crippen molar-refractivity contribution < 1.29 is 0 Å². The molecule has 1 nitrogen and oxygen atoms in total. The Kier molecular flexibility index (Phi) is 9.02. The lowest BCUT2D eigenvalue weighted by Crippen LogP contribution is -2.24. The van der Waals surface area contributed by atoms with E-state index in [0.29, 0.717) is 6.04 Å². The summed E-state index contributed by atoms with van der Waals surface area (Å²) in [6.07, 6.45) is 5.23. The Balaban J connectivity index is 2.47. The molecule has 0 aliphatic heterocycles. The minimum atomic E-state index is 0.506. The van der Waals surface area contributed by atoms with E-state index < -0.39 is 0 Å². The van der Waals surface area contributed by atoms with Gasteiger partial charge in [0, 0.05) is 11.8 Å². The van der Waals surface area contributed by atoms with Gasteiger partial charge in [-0.25, -0.2) is 0 Å². The van der Waals surface area contributed by atoms with Crippen LogP contribution in [-0.2, 0) is 0 Å². The van der Waals surface area contributed by atoms with Crippen LogP contribution in [0.2, 0.25) is 0 Å². The van der Waals surface area contributed by atoms with E-state index in [9.17, 15) is 0 Å². The van der Waals surface area contributed by atoms with Crippen molar-refractivity contribution in [2.24, 2.45) is 0 Å². The Bertz CT molecular complexity index is 338. The summed E-state index contributed by atoms with van der Waals surface area (Å²) >= 11 is 2.09. The first-order valence-electron chi connectivity index (χ1n) is 7.65. The Morgan fingerprint density at radius 1 is 1.16 bits per heavy atom. The van der Waals surface area contributed by atoms with E-state index in [1.807, 2.05) is 0 Å². The zero-order chi connectivity index (χ0) is 13.9. The average molecular weight is 279 g/mol. The van der Waals surface area contributed by atoms with E-state index >= 15 is 0 Å². The van der Waals surface area contributed by atoms with Crippen molar-refractivity contribution in [1.29, 1.82) is 0 Å². The molecular weight excluding hydrogens is 250 g/mol. The summed E-state index contributed by atoms with van der Waals surface area (Å²) in [5.74, 6) is 2.48. The minimum absolute atomic E-state index is 0.506. The van der Waals surface area contributed by atoms with Crippen LogP contribution in [0.15, 0.2) is 24.3 Å². The van der Waals surface area contributed by atoms with Crippen LogP contribution in [-0.4, -0.2) is 18.1 Å². The molecule has 1 N–H and O–H groups in total. The average Bonchev–Trinajstić information content (AvgIpc) is 2.42.